The minimum Gasteiger partial charge on any atom is -0.491 e. The number of aliphatic hydroxyl groups excluding tert-OH is 1. The van der Waals surface area contributed by atoms with Crippen LogP contribution in [-0.4, -0.2) is 40.8 Å². The van der Waals surface area contributed by atoms with Gasteiger partial charge in [0.2, 0.25) is 0 Å². The van der Waals surface area contributed by atoms with Gasteiger partial charge in [-0.1, -0.05) is 58.9 Å². The molecule has 0 radical (unpaired) electrons. The van der Waals surface area contributed by atoms with Crippen molar-refractivity contribution in [3.63, 3.8) is 0 Å². The summed E-state index contributed by atoms with van der Waals surface area (Å²) in [6.45, 7) is 13.9. The summed E-state index contributed by atoms with van der Waals surface area (Å²) >= 11 is 0. The number of aliphatic hydroxyl groups is 1. The molecule has 0 fully saturated rings. The maximum atomic E-state index is 12.4. The molecule has 34 heavy (non-hydrogen) atoms. The minimum absolute atomic E-state index is 0.237. The molecule has 1 unspecified atom stereocenters. The normalized spacial score (nSPS) is 13.8. The van der Waals surface area contributed by atoms with E-state index in [2.05, 4.69) is 31.3 Å². The first kappa shape index (κ1) is 27.4. The summed E-state index contributed by atoms with van der Waals surface area (Å²) in [4.78, 5) is 23.4. The van der Waals surface area contributed by atoms with Crippen LogP contribution in [0.2, 0.25) is 0 Å². The van der Waals surface area contributed by atoms with E-state index < -0.39 is 24.0 Å². The van der Waals surface area contributed by atoms with Crippen molar-refractivity contribution in [1.29, 1.82) is 0 Å². The number of carbonyl (C=O) groups excluding carboxylic acids is 1. The standard InChI is InChI=1S/C28H39NO5/c1-8-28(9-2,21-12-10-20(11-13-21)25(31)29-19(4)26(32)33)22-14-15-23(18(3)16-22)34-17-24(30)27(5,6)7/h10-16,19,24,30H,8-9,17H2,1-7H3,(H,29,31)(H,32,33)/t19-,24?/m1/s1. The van der Waals surface area contributed by atoms with Crippen LogP contribution in [0.1, 0.15) is 81.4 Å². The Morgan fingerprint density at radius 2 is 1.56 bits per heavy atom. The SMILES string of the molecule is CCC(CC)(c1ccc(C(=O)N[C@H](C)C(=O)O)cc1)c1ccc(OCC(O)C(C)(C)C)c(C)c1. The lowest BCUT2D eigenvalue weighted by atomic mass is 9.70. The first-order valence-electron chi connectivity index (χ1n) is 11.9. The lowest BCUT2D eigenvalue weighted by molar-refractivity contribution is -0.138. The fourth-order valence-electron chi connectivity index (χ4n) is 4.04. The summed E-state index contributed by atoms with van der Waals surface area (Å²) in [6, 6.07) is 12.6. The topological polar surface area (TPSA) is 95.9 Å². The lowest BCUT2D eigenvalue weighted by Gasteiger charge is -2.34. The van der Waals surface area contributed by atoms with Gasteiger partial charge >= 0.3 is 5.97 Å². The van der Waals surface area contributed by atoms with Gasteiger partial charge in [-0.15, -0.1) is 0 Å². The highest BCUT2D eigenvalue weighted by atomic mass is 16.5. The largest absolute Gasteiger partial charge is 0.491 e. The second-order valence-electron chi connectivity index (χ2n) is 10.1. The van der Waals surface area contributed by atoms with Crippen molar-refractivity contribution in [2.24, 2.45) is 5.41 Å². The van der Waals surface area contributed by atoms with Crippen molar-refractivity contribution in [3.05, 3.63) is 64.7 Å². The number of aliphatic carboxylic acids is 1. The Morgan fingerprint density at radius 1 is 1.00 bits per heavy atom. The molecule has 186 valence electrons. The molecule has 2 atom stereocenters. The molecule has 0 bridgehead atoms. The quantitative estimate of drug-likeness (QED) is 0.450. The summed E-state index contributed by atoms with van der Waals surface area (Å²) in [5.41, 5.74) is 3.20. The van der Waals surface area contributed by atoms with Crippen LogP contribution in [-0.2, 0) is 10.2 Å². The second kappa shape index (κ2) is 11.0. The van der Waals surface area contributed by atoms with E-state index in [-0.39, 0.29) is 17.4 Å². The predicted molar refractivity (Wildman–Crippen MR) is 135 cm³/mol. The van der Waals surface area contributed by atoms with Gasteiger partial charge in [-0.2, -0.15) is 0 Å². The zero-order valence-corrected chi connectivity index (χ0v) is 21.4. The number of amides is 1. The Bertz CT molecular complexity index is 987. The fourth-order valence-corrected chi connectivity index (χ4v) is 4.04. The van der Waals surface area contributed by atoms with Crippen molar-refractivity contribution in [2.75, 3.05) is 6.61 Å². The molecule has 3 N–H and O–H groups in total. The van der Waals surface area contributed by atoms with Gasteiger partial charge in [0.1, 0.15) is 18.4 Å². The second-order valence-corrected chi connectivity index (χ2v) is 10.1. The zero-order valence-electron chi connectivity index (χ0n) is 21.4. The van der Waals surface area contributed by atoms with Crippen LogP contribution in [0, 0.1) is 12.3 Å². The predicted octanol–water partition coefficient (Wildman–Crippen LogP) is 5.09. The van der Waals surface area contributed by atoms with Gasteiger partial charge < -0.3 is 20.3 Å². The summed E-state index contributed by atoms with van der Waals surface area (Å²) in [7, 11) is 0. The molecule has 0 saturated carbocycles. The molecule has 0 heterocycles. The molecule has 2 rings (SSSR count). The fraction of sp³-hybridized carbons (Fsp3) is 0.500. The monoisotopic (exact) mass is 469 g/mol. The molecule has 0 aliphatic heterocycles. The first-order valence-corrected chi connectivity index (χ1v) is 11.9. The van der Waals surface area contributed by atoms with E-state index in [0.29, 0.717) is 5.56 Å². The van der Waals surface area contributed by atoms with Gasteiger partial charge in [0.15, 0.2) is 0 Å². The lowest BCUT2D eigenvalue weighted by Crippen LogP contribution is -2.38. The summed E-state index contributed by atoms with van der Waals surface area (Å²) < 4.78 is 5.92. The van der Waals surface area contributed by atoms with Crippen molar-refractivity contribution >= 4 is 11.9 Å². The number of hydrogen-bond donors (Lipinski definition) is 3. The molecule has 6 heteroatoms. The highest BCUT2D eigenvalue weighted by molar-refractivity contribution is 5.96. The molecule has 6 nitrogen and oxygen atoms in total. The van der Waals surface area contributed by atoms with Gasteiger partial charge in [0, 0.05) is 11.0 Å². The van der Waals surface area contributed by atoms with Gasteiger partial charge in [0.25, 0.3) is 5.91 Å². The number of rotatable bonds is 10. The maximum Gasteiger partial charge on any atom is 0.325 e. The average molecular weight is 470 g/mol. The third-order valence-electron chi connectivity index (χ3n) is 6.75. The number of carboxylic acid groups (broad SMARTS) is 1. The van der Waals surface area contributed by atoms with Crippen LogP contribution in [0.4, 0.5) is 0 Å². The van der Waals surface area contributed by atoms with Crippen LogP contribution >= 0.6 is 0 Å². The molecule has 2 aromatic rings. The third kappa shape index (κ3) is 6.17. The highest BCUT2D eigenvalue weighted by Crippen LogP contribution is 2.40. The summed E-state index contributed by atoms with van der Waals surface area (Å²) in [5.74, 6) is -0.723. The molecular formula is C28H39NO5. The number of hydrogen-bond acceptors (Lipinski definition) is 4. The van der Waals surface area contributed by atoms with Crippen LogP contribution < -0.4 is 10.1 Å². The van der Waals surface area contributed by atoms with E-state index in [4.69, 9.17) is 9.84 Å². The van der Waals surface area contributed by atoms with Gasteiger partial charge in [-0.05, 0) is 67.0 Å². The van der Waals surface area contributed by atoms with E-state index in [0.717, 1.165) is 35.3 Å². The highest BCUT2D eigenvalue weighted by Gasteiger charge is 2.31. The van der Waals surface area contributed by atoms with Crippen LogP contribution in [0.3, 0.4) is 0 Å². The number of ether oxygens (including phenoxy) is 1. The molecule has 0 aliphatic rings. The number of carboxylic acids is 1. The number of nitrogens with one attached hydrogen (secondary N) is 1. The smallest absolute Gasteiger partial charge is 0.325 e. The van der Waals surface area contributed by atoms with Crippen LogP contribution in [0.15, 0.2) is 42.5 Å². The van der Waals surface area contributed by atoms with Crippen molar-refractivity contribution in [2.45, 2.75) is 78.9 Å². The minimum atomic E-state index is -1.07. The number of aryl methyl sites for hydroxylation is 1. The molecule has 0 spiro atoms. The van der Waals surface area contributed by atoms with Crippen molar-refractivity contribution < 1.29 is 24.5 Å². The average Bonchev–Trinajstić information content (AvgIpc) is 2.79. The van der Waals surface area contributed by atoms with Crippen LogP contribution in [0.25, 0.3) is 0 Å². The maximum absolute atomic E-state index is 12.4. The molecule has 0 saturated heterocycles. The Kier molecular flexibility index (Phi) is 8.89. The van der Waals surface area contributed by atoms with E-state index in [9.17, 15) is 14.7 Å². The molecule has 0 aliphatic carbocycles. The van der Waals surface area contributed by atoms with E-state index in [1.165, 1.54) is 6.92 Å². The molecule has 0 aromatic heterocycles. The van der Waals surface area contributed by atoms with Gasteiger partial charge in [0.05, 0.1) is 6.10 Å². The number of carbonyl (C=O) groups is 2. The van der Waals surface area contributed by atoms with E-state index >= 15 is 0 Å². The molecular weight excluding hydrogens is 430 g/mol. The van der Waals surface area contributed by atoms with Gasteiger partial charge in [-0.25, -0.2) is 0 Å². The Morgan fingerprint density at radius 3 is 2.03 bits per heavy atom. The summed E-state index contributed by atoms with van der Waals surface area (Å²) in [5, 5.41) is 21.8. The Labute approximate surface area is 203 Å². The van der Waals surface area contributed by atoms with E-state index in [1.54, 1.807) is 12.1 Å². The third-order valence-corrected chi connectivity index (χ3v) is 6.75. The van der Waals surface area contributed by atoms with Gasteiger partial charge in [-0.3, -0.25) is 9.59 Å². The van der Waals surface area contributed by atoms with Crippen LogP contribution in [0.5, 0.6) is 5.75 Å². The molecule has 2 aromatic carbocycles. The molecule has 1 amide bonds. The van der Waals surface area contributed by atoms with Crippen molar-refractivity contribution in [3.8, 4) is 5.75 Å². The Hall–Kier alpha value is -2.86. The van der Waals surface area contributed by atoms with Crippen molar-refractivity contribution in [1.82, 2.24) is 5.32 Å². The van der Waals surface area contributed by atoms with E-state index in [1.807, 2.05) is 45.9 Å². The number of benzene rings is 2. The Balaban J connectivity index is 2.29. The zero-order chi connectivity index (χ0) is 25.7. The summed E-state index contributed by atoms with van der Waals surface area (Å²) in [6.07, 6.45) is 1.17. The first-order chi connectivity index (χ1) is 15.9.